The summed E-state index contributed by atoms with van der Waals surface area (Å²) < 4.78 is 0. The zero-order chi connectivity index (χ0) is 15.7. The highest BCUT2D eigenvalue weighted by Gasteiger charge is 2.35. The normalized spacial score (nSPS) is 22.1. The third-order valence-electron chi connectivity index (χ3n) is 6.05. The molecule has 1 spiro atoms. The smallest absolute Gasteiger partial charge is 0.0390 e. The Labute approximate surface area is 135 Å². The summed E-state index contributed by atoms with van der Waals surface area (Å²) in [7, 11) is 4.26. The van der Waals surface area contributed by atoms with Crippen molar-refractivity contribution in [1.82, 2.24) is 4.90 Å². The molecule has 22 heavy (non-hydrogen) atoms. The topological polar surface area (TPSA) is 29.3 Å². The lowest BCUT2D eigenvalue weighted by Crippen LogP contribution is -2.19. The number of nitrogen functional groups attached to an aromatic ring is 1. The first-order valence-corrected chi connectivity index (χ1v) is 8.76. The van der Waals surface area contributed by atoms with Crippen LogP contribution in [0.4, 0.5) is 5.69 Å². The first kappa shape index (κ1) is 15.6. The van der Waals surface area contributed by atoms with Crippen LogP contribution in [0.5, 0.6) is 0 Å². The molecule has 2 aliphatic carbocycles. The molecule has 0 aromatic heterocycles. The van der Waals surface area contributed by atoms with Crippen molar-refractivity contribution in [2.75, 3.05) is 19.8 Å². The third-order valence-corrected chi connectivity index (χ3v) is 6.05. The van der Waals surface area contributed by atoms with Crippen LogP contribution >= 0.6 is 0 Å². The second-order valence-electron chi connectivity index (χ2n) is 7.63. The van der Waals surface area contributed by atoms with Gasteiger partial charge in [-0.2, -0.15) is 0 Å². The van der Waals surface area contributed by atoms with Crippen molar-refractivity contribution < 1.29 is 0 Å². The molecule has 1 fully saturated rings. The predicted molar refractivity (Wildman–Crippen MR) is 95.7 cm³/mol. The second-order valence-corrected chi connectivity index (χ2v) is 7.63. The molecule has 1 aromatic rings. The SMILES string of the molecule is CC(c1ccc(N)c(C2=CCC3(CCCC3)CC2)c1)N(C)C. The largest absolute Gasteiger partial charge is 0.398 e. The van der Waals surface area contributed by atoms with Crippen molar-refractivity contribution >= 4 is 11.3 Å². The zero-order valence-corrected chi connectivity index (χ0v) is 14.4. The van der Waals surface area contributed by atoms with Crippen LogP contribution in [0.1, 0.15) is 69.0 Å². The van der Waals surface area contributed by atoms with Crippen molar-refractivity contribution in [3.8, 4) is 0 Å². The molecule has 3 rings (SSSR count). The molecular weight excluding hydrogens is 268 g/mol. The van der Waals surface area contributed by atoms with Gasteiger partial charge in [-0.05, 0) is 81.8 Å². The average molecular weight is 298 g/mol. The highest BCUT2D eigenvalue weighted by Crippen LogP contribution is 2.50. The Morgan fingerprint density at radius 2 is 1.86 bits per heavy atom. The molecule has 2 aliphatic rings. The number of nitrogens with zero attached hydrogens (tertiary/aromatic N) is 1. The molecule has 0 heterocycles. The maximum Gasteiger partial charge on any atom is 0.0390 e. The van der Waals surface area contributed by atoms with Crippen LogP contribution in [-0.4, -0.2) is 19.0 Å². The fraction of sp³-hybridized carbons (Fsp3) is 0.600. The summed E-state index contributed by atoms with van der Waals surface area (Å²) in [5.74, 6) is 0. The van der Waals surface area contributed by atoms with E-state index in [4.69, 9.17) is 5.73 Å². The molecule has 0 saturated heterocycles. The van der Waals surface area contributed by atoms with Crippen LogP contribution in [0, 0.1) is 5.41 Å². The van der Waals surface area contributed by atoms with Crippen molar-refractivity contribution in [2.45, 2.75) is 57.9 Å². The molecule has 1 atom stereocenters. The first-order chi connectivity index (χ1) is 10.5. The van der Waals surface area contributed by atoms with Crippen LogP contribution < -0.4 is 5.73 Å². The van der Waals surface area contributed by atoms with E-state index in [-0.39, 0.29) is 0 Å². The molecule has 2 nitrogen and oxygen atoms in total. The minimum atomic E-state index is 0.421. The lowest BCUT2D eigenvalue weighted by molar-refractivity contribution is 0.271. The molecule has 1 saturated carbocycles. The van der Waals surface area contributed by atoms with Crippen LogP contribution in [-0.2, 0) is 0 Å². The van der Waals surface area contributed by atoms with E-state index in [0.717, 1.165) is 5.69 Å². The van der Waals surface area contributed by atoms with Crippen LogP contribution in [0.15, 0.2) is 24.3 Å². The number of anilines is 1. The Morgan fingerprint density at radius 1 is 1.14 bits per heavy atom. The van der Waals surface area contributed by atoms with Crippen molar-refractivity contribution in [1.29, 1.82) is 0 Å². The highest BCUT2D eigenvalue weighted by atomic mass is 15.1. The quantitative estimate of drug-likeness (QED) is 0.794. The maximum absolute atomic E-state index is 6.29. The van der Waals surface area contributed by atoms with Gasteiger partial charge < -0.3 is 10.6 Å². The Morgan fingerprint density at radius 3 is 2.45 bits per heavy atom. The van der Waals surface area contributed by atoms with Gasteiger partial charge in [0.25, 0.3) is 0 Å². The summed E-state index contributed by atoms with van der Waals surface area (Å²) in [5, 5.41) is 0. The molecule has 0 aliphatic heterocycles. The number of hydrogen-bond donors (Lipinski definition) is 1. The summed E-state index contributed by atoms with van der Waals surface area (Å²) in [6.45, 7) is 2.25. The Balaban J connectivity index is 1.85. The van der Waals surface area contributed by atoms with Gasteiger partial charge in [-0.25, -0.2) is 0 Å². The fourth-order valence-corrected chi connectivity index (χ4v) is 4.18. The maximum atomic E-state index is 6.29. The van der Waals surface area contributed by atoms with Crippen molar-refractivity contribution in [3.05, 3.63) is 35.4 Å². The molecule has 120 valence electrons. The van der Waals surface area contributed by atoms with E-state index in [2.05, 4.69) is 50.2 Å². The van der Waals surface area contributed by atoms with Crippen molar-refractivity contribution in [2.24, 2.45) is 5.41 Å². The Hall–Kier alpha value is -1.28. The minimum absolute atomic E-state index is 0.421. The van der Waals surface area contributed by atoms with Gasteiger partial charge in [0.2, 0.25) is 0 Å². The lowest BCUT2D eigenvalue weighted by Gasteiger charge is -2.33. The van der Waals surface area contributed by atoms with Gasteiger partial charge in [-0.15, -0.1) is 0 Å². The zero-order valence-electron chi connectivity index (χ0n) is 14.4. The molecule has 1 aromatic carbocycles. The van der Waals surface area contributed by atoms with Gasteiger partial charge >= 0.3 is 0 Å². The van der Waals surface area contributed by atoms with Gasteiger partial charge in [-0.3, -0.25) is 0 Å². The lowest BCUT2D eigenvalue weighted by atomic mass is 9.72. The molecule has 1 unspecified atom stereocenters. The third kappa shape index (κ3) is 2.94. The monoisotopic (exact) mass is 298 g/mol. The van der Waals surface area contributed by atoms with E-state index in [1.807, 2.05) is 0 Å². The van der Waals surface area contributed by atoms with Gasteiger partial charge in [0.15, 0.2) is 0 Å². The van der Waals surface area contributed by atoms with Crippen molar-refractivity contribution in [3.63, 3.8) is 0 Å². The average Bonchev–Trinajstić information content (AvgIpc) is 2.96. The number of hydrogen-bond acceptors (Lipinski definition) is 2. The summed E-state index contributed by atoms with van der Waals surface area (Å²) in [4.78, 5) is 2.25. The van der Waals surface area contributed by atoms with E-state index in [9.17, 15) is 0 Å². The second kappa shape index (κ2) is 6.08. The molecule has 2 N–H and O–H groups in total. The molecule has 2 heteroatoms. The summed E-state index contributed by atoms with van der Waals surface area (Å²) in [6, 6.07) is 7.00. The standard InChI is InChI=1S/C20H30N2/c1-15(22(2)3)17-6-7-19(21)18(14-17)16-8-12-20(13-9-16)10-4-5-11-20/h6-8,14-15H,4-5,9-13,21H2,1-3H3. The van der Waals surface area contributed by atoms with Crippen LogP contribution in [0.25, 0.3) is 5.57 Å². The number of benzene rings is 1. The molecule has 0 bridgehead atoms. The predicted octanol–water partition coefficient (Wildman–Crippen LogP) is 5.02. The molecule has 0 amide bonds. The van der Waals surface area contributed by atoms with Gasteiger partial charge in [-0.1, -0.05) is 25.0 Å². The Bertz CT molecular complexity index is 565. The van der Waals surface area contributed by atoms with E-state index in [0.29, 0.717) is 11.5 Å². The molecular formula is C20H30N2. The van der Waals surface area contributed by atoms with E-state index in [1.165, 1.54) is 61.6 Å². The van der Waals surface area contributed by atoms with E-state index < -0.39 is 0 Å². The van der Waals surface area contributed by atoms with Crippen LogP contribution in [0.2, 0.25) is 0 Å². The summed E-state index contributed by atoms with van der Waals surface area (Å²) in [5.41, 5.74) is 12.0. The minimum Gasteiger partial charge on any atom is -0.398 e. The van der Waals surface area contributed by atoms with Gasteiger partial charge in [0.05, 0.1) is 0 Å². The highest BCUT2D eigenvalue weighted by molar-refractivity contribution is 5.76. The van der Waals surface area contributed by atoms with E-state index in [1.54, 1.807) is 0 Å². The fourth-order valence-electron chi connectivity index (χ4n) is 4.18. The first-order valence-electron chi connectivity index (χ1n) is 8.76. The molecule has 0 radical (unpaired) electrons. The Kier molecular flexibility index (Phi) is 4.31. The number of rotatable bonds is 3. The summed E-state index contributed by atoms with van der Waals surface area (Å²) >= 11 is 0. The van der Waals surface area contributed by atoms with E-state index >= 15 is 0 Å². The number of nitrogens with two attached hydrogens (primary N) is 1. The van der Waals surface area contributed by atoms with Gasteiger partial charge in [0.1, 0.15) is 0 Å². The number of allylic oxidation sites excluding steroid dienone is 2. The summed E-state index contributed by atoms with van der Waals surface area (Å²) in [6.07, 6.45) is 12.0. The van der Waals surface area contributed by atoms with Gasteiger partial charge in [0, 0.05) is 17.3 Å². The van der Waals surface area contributed by atoms with Crippen LogP contribution in [0.3, 0.4) is 0 Å².